The maximum absolute atomic E-state index is 4.63. The Morgan fingerprint density at radius 3 is 2.88 bits per heavy atom. The van der Waals surface area contributed by atoms with Crippen LogP contribution in [-0.4, -0.2) is 54.1 Å². The van der Waals surface area contributed by atoms with Gasteiger partial charge in [0.05, 0.1) is 11.7 Å². The maximum Gasteiger partial charge on any atom is 0.129 e. The molecule has 2 aliphatic rings. The highest BCUT2D eigenvalue weighted by atomic mass is 15.3. The number of fused-ring (bicyclic) bond motifs is 2. The summed E-state index contributed by atoms with van der Waals surface area (Å²) < 4.78 is 0. The molecule has 5 nitrogen and oxygen atoms in total. The lowest BCUT2D eigenvalue weighted by atomic mass is 9.97. The molecule has 0 spiro atoms. The first-order valence-electron chi connectivity index (χ1n) is 9.60. The number of rotatable bonds is 4. The normalized spacial score (nSPS) is 20.3. The highest BCUT2D eigenvalue weighted by Gasteiger charge is 2.23. The first-order valence-corrected chi connectivity index (χ1v) is 9.60. The van der Waals surface area contributed by atoms with Gasteiger partial charge in [-0.1, -0.05) is 18.2 Å². The van der Waals surface area contributed by atoms with Gasteiger partial charge in [-0.15, -0.1) is 0 Å². The molecule has 5 heteroatoms. The van der Waals surface area contributed by atoms with E-state index < -0.39 is 0 Å². The van der Waals surface area contributed by atoms with E-state index in [0.717, 1.165) is 44.1 Å². The van der Waals surface area contributed by atoms with Crippen LogP contribution in [0, 0.1) is 0 Å². The molecule has 5 rings (SSSR count). The van der Waals surface area contributed by atoms with E-state index in [-0.39, 0.29) is 0 Å². The van der Waals surface area contributed by atoms with Crippen LogP contribution < -0.4 is 10.2 Å². The minimum absolute atomic E-state index is 0.655. The molecule has 4 heterocycles. The molecule has 0 bridgehead atoms. The van der Waals surface area contributed by atoms with Crippen LogP contribution in [-0.2, 0) is 0 Å². The predicted molar refractivity (Wildman–Crippen MR) is 107 cm³/mol. The van der Waals surface area contributed by atoms with E-state index in [4.69, 9.17) is 0 Å². The first-order chi connectivity index (χ1) is 12.9. The average Bonchev–Trinajstić information content (AvgIpc) is 3.33. The largest absolute Gasteiger partial charge is 0.384 e. The lowest BCUT2D eigenvalue weighted by Crippen LogP contribution is -2.47. The van der Waals surface area contributed by atoms with Gasteiger partial charge in [0, 0.05) is 55.9 Å². The van der Waals surface area contributed by atoms with Crippen molar-refractivity contribution in [1.29, 1.82) is 0 Å². The van der Waals surface area contributed by atoms with E-state index in [0.29, 0.717) is 5.92 Å². The van der Waals surface area contributed by atoms with Gasteiger partial charge < -0.3 is 15.2 Å². The van der Waals surface area contributed by atoms with Gasteiger partial charge in [0.1, 0.15) is 5.82 Å². The second-order valence-corrected chi connectivity index (χ2v) is 7.39. The summed E-state index contributed by atoms with van der Waals surface area (Å²) in [5.74, 6) is 1.76. The number of piperazine rings is 1. The van der Waals surface area contributed by atoms with Crippen LogP contribution in [0.3, 0.4) is 0 Å². The fraction of sp³-hybridized carbons (Fsp3) is 0.381. The van der Waals surface area contributed by atoms with E-state index in [1.807, 2.05) is 12.4 Å². The van der Waals surface area contributed by atoms with E-state index >= 15 is 0 Å². The van der Waals surface area contributed by atoms with Crippen LogP contribution in [0.4, 0.5) is 11.5 Å². The van der Waals surface area contributed by atoms with Gasteiger partial charge in [-0.2, -0.15) is 0 Å². The highest BCUT2D eigenvalue weighted by molar-refractivity contribution is 5.81. The second-order valence-electron chi connectivity index (χ2n) is 7.39. The Morgan fingerprint density at radius 1 is 1.08 bits per heavy atom. The monoisotopic (exact) mass is 347 g/mol. The molecule has 26 heavy (non-hydrogen) atoms. The van der Waals surface area contributed by atoms with Gasteiger partial charge >= 0.3 is 0 Å². The van der Waals surface area contributed by atoms with Crippen LogP contribution >= 0.6 is 0 Å². The first kappa shape index (κ1) is 15.7. The summed E-state index contributed by atoms with van der Waals surface area (Å²) in [4.78, 5) is 12.9. The van der Waals surface area contributed by atoms with Crippen LogP contribution in [0.1, 0.15) is 17.9 Å². The summed E-state index contributed by atoms with van der Waals surface area (Å²) in [5.41, 5.74) is 3.93. The summed E-state index contributed by atoms with van der Waals surface area (Å²) in [5, 5.41) is 4.78. The number of hydrogen-bond acceptors (Lipinski definition) is 4. The summed E-state index contributed by atoms with van der Waals surface area (Å²) in [7, 11) is 0. The third-order valence-electron chi connectivity index (χ3n) is 5.85. The van der Waals surface area contributed by atoms with Crippen LogP contribution in [0.15, 0.2) is 48.8 Å². The SMILES string of the molecule is c1ccc2c(c1)NCC2CCN1CCN(c2cc3cc[nH]c3cn2)CC1. The Labute approximate surface area is 154 Å². The molecule has 1 unspecified atom stereocenters. The molecular weight excluding hydrogens is 322 g/mol. The zero-order chi connectivity index (χ0) is 17.3. The minimum atomic E-state index is 0.655. The summed E-state index contributed by atoms with van der Waals surface area (Å²) >= 11 is 0. The zero-order valence-electron chi connectivity index (χ0n) is 15.0. The van der Waals surface area contributed by atoms with Gasteiger partial charge in [-0.05, 0) is 36.7 Å². The van der Waals surface area contributed by atoms with Crippen LogP contribution in [0.25, 0.3) is 10.9 Å². The van der Waals surface area contributed by atoms with Crippen molar-refractivity contribution in [1.82, 2.24) is 14.9 Å². The molecule has 1 saturated heterocycles. The molecule has 134 valence electrons. The third kappa shape index (κ3) is 2.92. The van der Waals surface area contributed by atoms with Crippen molar-refractivity contribution < 1.29 is 0 Å². The van der Waals surface area contributed by atoms with Crippen molar-refractivity contribution >= 4 is 22.4 Å². The quantitative estimate of drug-likeness (QED) is 0.760. The van der Waals surface area contributed by atoms with Crippen molar-refractivity contribution in [3.05, 3.63) is 54.4 Å². The van der Waals surface area contributed by atoms with Crippen molar-refractivity contribution in [3.63, 3.8) is 0 Å². The van der Waals surface area contributed by atoms with Crippen LogP contribution in [0.5, 0.6) is 0 Å². The number of aromatic amines is 1. The number of anilines is 2. The van der Waals surface area contributed by atoms with E-state index in [1.54, 1.807) is 0 Å². The van der Waals surface area contributed by atoms with Gasteiger partial charge in [0.15, 0.2) is 0 Å². The van der Waals surface area contributed by atoms with Crippen LogP contribution in [0.2, 0.25) is 0 Å². The molecule has 1 fully saturated rings. The number of aromatic nitrogens is 2. The lowest BCUT2D eigenvalue weighted by molar-refractivity contribution is 0.249. The Bertz CT molecular complexity index is 894. The van der Waals surface area contributed by atoms with Gasteiger partial charge in [0.25, 0.3) is 0 Å². The molecule has 3 aromatic rings. The van der Waals surface area contributed by atoms with E-state index in [1.165, 1.54) is 29.6 Å². The molecule has 2 aromatic heterocycles. The van der Waals surface area contributed by atoms with Crippen molar-refractivity contribution in [2.75, 3.05) is 49.5 Å². The number of benzene rings is 1. The standard InChI is InChI=1S/C21H25N5/c1-2-4-19-18(3-1)17(14-23-19)6-8-25-9-11-26(12-10-25)21-13-16-5-7-22-20(16)15-24-21/h1-5,7,13,15,17,22-23H,6,8-12,14H2. The molecular formula is C21H25N5. The number of para-hydroxylation sites is 1. The zero-order valence-corrected chi connectivity index (χ0v) is 15.0. The average molecular weight is 347 g/mol. The van der Waals surface area contributed by atoms with Crippen molar-refractivity contribution in [2.45, 2.75) is 12.3 Å². The molecule has 1 aromatic carbocycles. The van der Waals surface area contributed by atoms with Crippen molar-refractivity contribution in [2.24, 2.45) is 0 Å². The molecule has 2 N–H and O–H groups in total. The molecule has 0 saturated carbocycles. The topological polar surface area (TPSA) is 47.2 Å². The highest BCUT2D eigenvalue weighted by Crippen LogP contribution is 2.33. The summed E-state index contributed by atoms with van der Waals surface area (Å²) in [6.45, 7) is 6.62. The number of pyridine rings is 1. The Balaban J connectivity index is 1.16. The minimum Gasteiger partial charge on any atom is -0.384 e. The Kier molecular flexibility index (Phi) is 4.02. The smallest absolute Gasteiger partial charge is 0.129 e. The Hall–Kier alpha value is -2.53. The van der Waals surface area contributed by atoms with Gasteiger partial charge in [-0.3, -0.25) is 4.90 Å². The summed E-state index contributed by atoms with van der Waals surface area (Å²) in [6, 6.07) is 13.1. The maximum atomic E-state index is 4.63. The molecule has 1 atom stereocenters. The molecule has 2 aliphatic heterocycles. The fourth-order valence-electron chi connectivity index (χ4n) is 4.27. The van der Waals surface area contributed by atoms with Crippen molar-refractivity contribution in [3.8, 4) is 0 Å². The van der Waals surface area contributed by atoms with E-state index in [9.17, 15) is 0 Å². The van der Waals surface area contributed by atoms with E-state index in [2.05, 4.69) is 61.5 Å². The molecule has 0 radical (unpaired) electrons. The number of H-pyrrole nitrogens is 1. The third-order valence-corrected chi connectivity index (χ3v) is 5.85. The lowest BCUT2D eigenvalue weighted by Gasteiger charge is -2.35. The number of nitrogens with one attached hydrogen (secondary N) is 2. The van der Waals surface area contributed by atoms with Gasteiger partial charge in [0.2, 0.25) is 0 Å². The fourth-order valence-corrected chi connectivity index (χ4v) is 4.27. The molecule has 0 aliphatic carbocycles. The van der Waals surface area contributed by atoms with Gasteiger partial charge in [-0.25, -0.2) is 4.98 Å². The Morgan fingerprint density at radius 2 is 1.96 bits per heavy atom. The number of nitrogens with zero attached hydrogens (tertiary/aromatic N) is 3. The molecule has 0 amide bonds. The predicted octanol–water partition coefficient (Wildman–Crippen LogP) is 3.28. The summed E-state index contributed by atoms with van der Waals surface area (Å²) in [6.07, 6.45) is 5.16. The second kappa shape index (κ2) is 6.65. The number of hydrogen-bond donors (Lipinski definition) is 2.